The molecule has 1 unspecified atom stereocenters. The van der Waals surface area contributed by atoms with E-state index in [4.69, 9.17) is 4.74 Å². The standard InChI is InChI=1S/C26H32F2N4O3S/c1-18(35-4)25(34)32-26(19-9-6-5-7-10-19,14-8-15-29-23(33)13-16-31(2)3)36-24(30-32)21-17-20(27)11-12-22(21)28/h5-7,9-12,17-18H,8,13-16H2,1-4H3,(H,29,33)/t18-,26?/m0/s1. The van der Waals surface area contributed by atoms with E-state index in [2.05, 4.69) is 10.4 Å². The van der Waals surface area contributed by atoms with Crippen LogP contribution in [0.5, 0.6) is 0 Å². The Morgan fingerprint density at radius 2 is 1.92 bits per heavy atom. The van der Waals surface area contributed by atoms with Crippen molar-refractivity contribution in [3.8, 4) is 0 Å². The van der Waals surface area contributed by atoms with E-state index in [0.29, 0.717) is 32.4 Å². The Hall–Kier alpha value is -2.82. The first-order valence-electron chi connectivity index (χ1n) is 11.7. The van der Waals surface area contributed by atoms with Crippen LogP contribution in [0.2, 0.25) is 0 Å². The highest BCUT2D eigenvalue weighted by Gasteiger charge is 2.49. The number of carbonyl (C=O) groups is 2. The van der Waals surface area contributed by atoms with Gasteiger partial charge in [-0.15, -0.1) is 0 Å². The van der Waals surface area contributed by atoms with E-state index >= 15 is 0 Å². The second-order valence-electron chi connectivity index (χ2n) is 8.82. The number of nitrogens with one attached hydrogen (secondary N) is 1. The van der Waals surface area contributed by atoms with Crippen molar-refractivity contribution < 1.29 is 23.1 Å². The number of hydrogen-bond acceptors (Lipinski definition) is 6. The van der Waals surface area contributed by atoms with Crippen LogP contribution < -0.4 is 5.32 Å². The van der Waals surface area contributed by atoms with Crippen molar-refractivity contribution in [3.63, 3.8) is 0 Å². The van der Waals surface area contributed by atoms with Gasteiger partial charge in [-0.05, 0) is 57.6 Å². The van der Waals surface area contributed by atoms with Crippen molar-refractivity contribution in [2.45, 2.75) is 37.2 Å². The summed E-state index contributed by atoms with van der Waals surface area (Å²) >= 11 is 1.20. The lowest BCUT2D eigenvalue weighted by Gasteiger charge is -2.37. The van der Waals surface area contributed by atoms with E-state index in [-0.39, 0.29) is 16.5 Å². The molecule has 2 aromatic rings. The molecule has 36 heavy (non-hydrogen) atoms. The lowest BCUT2D eigenvalue weighted by molar-refractivity contribution is -0.144. The molecule has 194 valence electrons. The highest BCUT2D eigenvalue weighted by atomic mass is 32.2. The van der Waals surface area contributed by atoms with Gasteiger partial charge >= 0.3 is 0 Å². The minimum absolute atomic E-state index is 0.0161. The van der Waals surface area contributed by atoms with E-state index in [1.54, 1.807) is 6.92 Å². The Bertz CT molecular complexity index is 1100. The summed E-state index contributed by atoms with van der Waals surface area (Å²) in [6.45, 7) is 2.65. The highest BCUT2D eigenvalue weighted by Crippen LogP contribution is 2.50. The van der Waals surface area contributed by atoms with Crippen molar-refractivity contribution in [1.82, 2.24) is 15.2 Å². The van der Waals surface area contributed by atoms with Crippen LogP contribution >= 0.6 is 11.8 Å². The molecule has 0 bridgehead atoms. The lowest BCUT2D eigenvalue weighted by atomic mass is 9.99. The molecule has 2 aromatic carbocycles. The molecule has 1 heterocycles. The Morgan fingerprint density at radius 3 is 2.58 bits per heavy atom. The minimum atomic E-state index is -1.03. The van der Waals surface area contributed by atoms with Crippen LogP contribution in [-0.4, -0.2) is 67.2 Å². The maximum absolute atomic E-state index is 14.7. The Balaban J connectivity index is 1.93. The number of thioether (sulfide) groups is 1. The molecule has 1 aliphatic rings. The molecule has 0 saturated carbocycles. The molecule has 0 aliphatic carbocycles. The Kier molecular flexibility index (Phi) is 9.58. The fourth-order valence-corrected chi connectivity index (χ4v) is 5.24. The van der Waals surface area contributed by atoms with E-state index in [1.807, 2.05) is 49.3 Å². The number of nitrogens with zero attached hydrogens (tertiary/aromatic N) is 3. The molecule has 0 spiro atoms. The zero-order valence-electron chi connectivity index (χ0n) is 21.0. The molecule has 0 aromatic heterocycles. The highest BCUT2D eigenvalue weighted by molar-refractivity contribution is 8.15. The topological polar surface area (TPSA) is 74.2 Å². The summed E-state index contributed by atoms with van der Waals surface area (Å²) in [7, 11) is 5.23. The largest absolute Gasteiger partial charge is 0.372 e. The first-order valence-corrected chi connectivity index (χ1v) is 12.6. The van der Waals surface area contributed by atoms with Crippen LogP contribution in [0.25, 0.3) is 0 Å². The number of amides is 2. The normalized spacial score (nSPS) is 18.3. The molecule has 2 atom stereocenters. The number of hydrazone groups is 1. The first kappa shape index (κ1) is 27.8. The van der Waals surface area contributed by atoms with Gasteiger partial charge in [0.1, 0.15) is 27.7 Å². The number of halogens is 2. The predicted octanol–water partition coefficient (Wildman–Crippen LogP) is 3.94. The number of carbonyl (C=O) groups excluding carboxylic acids is 2. The maximum atomic E-state index is 14.7. The molecule has 2 amide bonds. The van der Waals surface area contributed by atoms with Gasteiger partial charge in [0, 0.05) is 32.2 Å². The summed E-state index contributed by atoms with van der Waals surface area (Å²) in [5.41, 5.74) is 0.763. The molecule has 0 saturated heterocycles. The SMILES string of the molecule is CO[C@@H](C)C(=O)N1N=C(c2cc(F)ccc2F)SC1(CCCNC(=O)CCN(C)C)c1ccccc1. The van der Waals surface area contributed by atoms with E-state index in [0.717, 1.165) is 23.8 Å². The fourth-order valence-electron chi connectivity index (χ4n) is 3.82. The molecule has 1 aliphatic heterocycles. The number of ether oxygens (including phenoxy) is 1. The van der Waals surface area contributed by atoms with Gasteiger partial charge in [0.2, 0.25) is 5.91 Å². The molecule has 10 heteroatoms. The van der Waals surface area contributed by atoms with Crippen LogP contribution in [0.4, 0.5) is 8.78 Å². The summed E-state index contributed by atoms with van der Waals surface area (Å²) in [4.78, 5) is 26.5. The second-order valence-corrected chi connectivity index (χ2v) is 10.1. The maximum Gasteiger partial charge on any atom is 0.273 e. The monoisotopic (exact) mass is 518 g/mol. The fraction of sp³-hybridized carbons (Fsp3) is 0.423. The molecule has 0 radical (unpaired) electrons. The third-order valence-electron chi connectivity index (χ3n) is 5.89. The zero-order chi connectivity index (χ0) is 26.3. The molecular formula is C26H32F2N4O3S. The van der Waals surface area contributed by atoms with Gasteiger partial charge in [-0.25, -0.2) is 13.8 Å². The van der Waals surface area contributed by atoms with Gasteiger partial charge in [-0.1, -0.05) is 42.1 Å². The van der Waals surface area contributed by atoms with Crippen molar-refractivity contribution in [2.24, 2.45) is 5.10 Å². The minimum Gasteiger partial charge on any atom is -0.372 e. The van der Waals surface area contributed by atoms with Crippen molar-refractivity contribution in [3.05, 3.63) is 71.3 Å². The number of benzene rings is 2. The van der Waals surface area contributed by atoms with E-state index in [1.165, 1.54) is 23.9 Å². The van der Waals surface area contributed by atoms with Crippen molar-refractivity contribution in [1.29, 1.82) is 0 Å². The Morgan fingerprint density at radius 1 is 1.19 bits per heavy atom. The van der Waals surface area contributed by atoms with Crippen LogP contribution in [0, 0.1) is 11.6 Å². The number of methoxy groups -OCH3 is 1. The number of hydrogen-bond donors (Lipinski definition) is 1. The van der Waals surface area contributed by atoms with Crippen molar-refractivity contribution >= 4 is 28.6 Å². The molecule has 7 nitrogen and oxygen atoms in total. The quantitative estimate of drug-likeness (QED) is 0.456. The lowest BCUT2D eigenvalue weighted by Crippen LogP contribution is -2.46. The molecule has 0 fully saturated rings. The third kappa shape index (κ3) is 6.48. The van der Waals surface area contributed by atoms with Gasteiger partial charge < -0.3 is 15.0 Å². The Labute approximate surface area is 214 Å². The summed E-state index contributed by atoms with van der Waals surface area (Å²) in [5, 5.41) is 8.95. The van der Waals surface area contributed by atoms with Crippen LogP contribution in [0.15, 0.2) is 53.6 Å². The average molecular weight is 519 g/mol. The average Bonchev–Trinajstić information content (AvgIpc) is 3.26. The van der Waals surface area contributed by atoms with Gasteiger partial charge in [0.05, 0.1) is 0 Å². The molecule has 1 N–H and O–H groups in total. The molecular weight excluding hydrogens is 486 g/mol. The van der Waals surface area contributed by atoms with Crippen molar-refractivity contribution in [2.75, 3.05) is 34.3 Å². The summed E-state index contributed by atoms with van der Waals surface area (Å²) in [6, 6.07) is 12.5. The van der Waals surface area contributed by atoms with Crippen LogP contribution in [-0.2, 0) is 19.2 Å². The van der Waals surface area contributed by atoms with E-state index in [9.17, 15) is 18.4 Å². The van der Waals surface area contributed by atoms with Gasteiger partial charge in [-0.3, -0.25) is 9.59 Å². The predicted molar refractivity (Wildman–Crippen MR) is 137 cm³/mol. The smallest absolute Gasteiger partial charge is 0.273 e. The second kappa shape index (κ2) is 12.4. The van der Waals surface area contributed by atoms with Gasteiger partial charge in [-0.2, -0.15) is 5.10 Å². The van der Waals surface area contributed by atoms with Gasteiger partial charge in [0.25, 0.3) is 5.91 Å². The summed E-state index contributed by atoms with van der Waals surface area (Å²) in [6.07, 6.45) is 0.504. The van der Waals surface area contributed by atoms with Crippen LogP contribution in [0.3, 0.4) is 0 Å². The summed E-state index contributed by atoms with van der Waals surface area (Å²) in [5.74, 6) is -1.70. The van der Waals surface area contributed by atoms with Gasteiger partial charge in [0.15, 0.2) is 0 Å². The third-order valence-corrected chi connectivity index (χ3v) is 7.34. The zero-order valence-corrected chi connectivity index (χ0v) is 21.8. The van der Waals surface area contributed by atoms with E-state index < -0.39 is 28.5 Å². The molecule has 3 rings (SSSR count). The summed E-state index contributed by atoms with van der Waals surface area (Å²) < 4.78 is 34.0. The number of rotatable bonds is 11. The first-order chi connectivity index (χ1) is 17.2. The van der Waals surface area contributed by atoms with Crippen LogP contribution in [0.1, 0.15) is 37.3 Å².